The fourth-order valence-corrected chi connectivity index (χ4v) is 3.33. The third-order valence-electron chi connectivity index (χ3n) is 3.56. The summed E-state index contributed by atoms with van der Waals surface area (Å²) in [5.41, 5.74) is 1.22. The summed E-state index contributed by atoms with van der Waals surface area (Å²) in [5.74, 6) is 0.133. The van der Waals surface area contributed by atoms with E-state index in [0.29, 0.717) is 22.4 Å². The summed E-state index contributed by atoms with van der Waals surface area (Å²) in [6.07, 6.45) is 7.41. The number of nitrogens with one attached hydrogen (secondary N) is 1. The molecule has 1 amide bonds. The number of anilines is 1. The van der Waals surface area contributed by atoms with E-state index in [1.54, 1.807) is 16.7 Å². The maximum absolute atomic E-state index is 13.1. The van der Waals surface area contributed by atoms with Crippen molar-refractivity contribution in [2.75, 3.05) is 5.32 Å². The second-order valence-electron chi connectivity index (χ2n) is 5.41. The Kier molecular flexibility index (Phi) is 3.15. The van der Waals surface area contributed by atoms with Crippen molar-refractivity contribution in [2.24, 2.45) is 0 Å². The van der Waals surface area contributed by atoms with E-state index < -0.39 is 0 Å². The highest BCUT2D eigenvalue weighted by Gasteiger charge is 2.26. The Morgan fingerprint density at radius 1 is 1.41 bits per heavy atom. The molecule has 1 N–H and O–H groups in total. The van der Waals surface area contributed by atoms with Gasteiger partial charge in [0.25, 0.3) is 0 Å². The van der Waals surface area contributed by atoms with E-state index >= 15 is 0 Å². The van der Waals surface area contributed by atoms with Crippen molar-refractivity contribution >= 4 is 28.0 Å². The van der Waals surface area contributed by atoms with Gasteiger partial charge in [-0.25, -0.2) is 14.4 Å². The van der Waals surface area contributed by atoms with Crippen molar-refractivity contribution in [1.29, 1.82) is 0 Å². The number of rotatable bonds is 4. The van der Waals surface area contributed by atoms with E-state index in [2.05, 4.69) is 15.3 Å². The van der Waals surface area contributed by atoms with Crippen LogP contribution in [0.1, 0.15) is 29.3 Å². The zero-order chi connectivity index (χ0) is 15.1. The Morgan fingerprint density at radius 2 is 2.27 bits per heavy atom. The van der Waals surface area contributed by atoms with Crippen LogP contribution in [-0.2, 0) is 11.2 Å². The highest BCUT2D eigenvalue weighted by molar-refractivity contribution is 7.15. The van der Waals surface area contributed by atoms with Crippen molar-refractivity contribution in [3.8, 4) is 0 Å². The standard InChI is InChI=1S/C15H13FN4OS/c16-10-3-4-13-18-11(8-20(13)7-10)5-14(21)19-15-17-6-12(22-15)9-1-2-9/h3-4,6-9H,1-2,5H2,(H,17,19,21). The number of hydrogen-bond donors (Lipinski definition) is 1. The monoisotopic (exact) mass is 316 g/mol. The van der Waals surface area contributed by atoms with E-state index in [0.717, 1.165) is 0 Å². The highest BCUT2D eigenvalue weighted by atomic mass is 32.1. The van der Waals surface area contributed by atoms with Crippen LogP contribution in [0, 0.1) is 5.82 Å². The maximum atomic E-state index is 13.1. The van der Waals surface area contributed by atoms with E-state index in [4.69, 9.17) is 0 Å². The fourth-order valence-electron chi connectivity index (χ4n) is 2.33. The fraction of sp³-hybridized carbons (Fsp3) is 0.267. The zero-order valence-electron chi connectivity index (χ0n) is 11.6. The lowest BCUT2D eigenvalue weighted by molar-refractivity contribution is -0.115. The number of hydrogen-bond acceptors (Lipinski definition) is 4. The van der Waals surface area contributed by atoms with Gasteiger partial charge in [0.2, 0.25) is 5.91 Å². The molecule has 3 aromatic rings. The molecule has 0 unspecified atom stereocenters. The van der Waals surface area contributed by atoms with Gasteiger partial charge in [0.15, 0.2) is 5.13 Å². The van der Waals surface area contributed by atoms with Crippen molar-refractivity contribution < 1.29 is 9.18 Å². The molecule has 5 nitrogen and oxygen atoms in total. The summed E-state index contributed by atoms with van der Waals surface area (Å²) in [4.78, 5) is 21.8. The first kappa shape index (κ1) is 13.4. The maximum Gasteiger partial charge on any atom is 0.232 e. The Balaban J connectivity index is 1.45. The molecule has 0 radical (unpaired) electrons. The van der Waals surface area contributed by atoms with E-state index in [9.17, 15) is 9.18 Å². The van der Waals surface area contributed by atoms with E-state index in [1.807, 2.05) is 6.20 Å². The van der Waals surface area contributed by atoms with Gasteiger partial charge in [-0.1, -0.05) is 0 Å². The first-order valence-electron chi connectivity index (χ1n) is 7.06. The number of carbonyl (C=O) groups excluding carboxylic acids is 1. The molecule has 1 fully saturated rings. The summed E-state index contributed by atoms with van der Waals surface area (Å²) >= 11 is 1.53. The first-order chi connectivity index (χ1) is 10.7. The number of fused-ring (bicyclic) bond motifs is 1. The number of amides is 1. The van der Waals surface area contributed by atoms with Crippen LogP contribution in [0.5, 0.6) is 0 Å². The first-order valence-corrected chi connectivity index (χ1v) is 7.88. The van der Waals surface area contributed by atoms with Gasteiger partial charge in [0, 0.05) is 23.5 Å². The topological polar surface area (TPSA) is 59.3 Å². The Hall–Kier alpha value is -2.28. The van der Waals surface area contributed by atoms with Crippen LogP contribution in [-0.4, -0.2) is 20.3 Å². The largest absolute Gasteiger partial charge is 0.304 e. The Morgan fingerprint density at radius 3 is 3.09 bits per heavy atom. The molecule has 112 valence electrons. The second kappa shape index (κ2) is 5.17. The van der Waals surface area contributed by atoms with E-state index in [-0.39, 0.29) is 18.1 Å². The number of imidazole rings is 1. The molecule has 0 aromatic carbocycles. The molecule has 22 heavy (non-hydrogen) atoms. The minimum atomic E-state index is -0.337. The van der Waals surface area contributed by atoms with Crippen LogP contribution in [0.3, 0.4) is 0 Å². The number of pyridine rings is 1. The molecule has 1 aliphatic carbocycles. The Bertz CT molecular complexity index is 852. The van der Waals surface area contributed by atoms with Crippen LogP contribution >= 0.6 is 11.3 Å². The molecule has 0 spiro atoms. The molecule has 0 aliphatic heterocycles. The molecule has 0 saturated heterocycles. The van der Waals surface area contributed by atoms with Gasteiger partial charge in [0.1, 0.15) is 11.5 Å². The zero-order valence-corrected chi connectivity index (χ0v) is 12.4. The summed E-state index contributed by atoms with van der Waals surface area (Å²) < 4.78 is 14.7. The molecule has 1 aliphatic rings. The predicted molar refractivity (Wildman–Crippen MR) is 81.6 cm³/mol. The van der Waals surface area contributed by atoms with Gasteiger partial charge in [-0.3, -0.25) is 4.79 Å². The number of thiazole rings is 1. The quantitative estimate of drug-likeness (QED) is 0.805. The minimum Gasteiger partial charge on any atom is -0.304 e. The lowest BCUT2D eigenvalue weighted by atomic mass is 10.3. The average Bonchev–Trinajstić information content (AvgIpc) is 3.10. The second-order valence-corrected chi connectivity index (χ2v) is 6.47. The molecule has 0 atom stereocenters. The Labute approximate surface area is 129 Å². The minimum absolute atomic E-state index is 0.141. The number of halogens is 1. The molecule has 4 rings (SSSR count). The van der Waals surface area contributed by atoms with Gasteiger partial charge in [-0.05, 0) is 30.9 Å². The van der Waals surface area contributed by atoms with Gasteiger partial charge in [0.05, 0.1) is 12.1 Å². The number of nitrogens with zero attached hydrogens (tertiary/aromatic N) is 3. The summed E-state index contributed by atoms with van der Waals surface area (Å²) in [6.45, 7) is 0. The number of carbonyl (C=O) groups is 1. The lowest BCUT2D eigenvalue weighted by Crippen LogP contribution is -2.14. The van der Waals surface area contributed by atoms with Crippen molar-refractivity contribution in [1.82, 2.24) is 14.4 Å². The van der Waals surface area contributed by atoms with Gasteiger partial charge in [-0.2, -0.15) is 0 Å². The molecule has 0 bridgehead atoms. The normalized spacial score (nSPS) is 14.4. The van der Waals surface area contributed by atoms with E-state index in [1.165, 1.54) is 41.3 Å². The average molecular weight is 316 g/mol. The van der Waals surface area contributed by atoms with Gasteiger partial charge in [-0.15, -0.1) is 11.3 Å². The van der Waals surface area contributed by atoms with Crippen molar-refractivity contribution in [2.45, 2.75) is 25.2 Å². The van der Waals surface area contributed by atoms with Crippen LogP contribution in [0.2, 0.25) is 0 Å². The summed E-state index contributed by atoms with van der Waals surface area (Å²) in [5, 5.41) is 3.42. The van der Waals surface area contributed by atoms with Crippen molar-refractivity contribution in [3.05, 3.63) is 47.1 Å². The van der Waals surface area contributed by atoms with Crippen LogP contribution in [0.25, 0.3) is 5.65 Å². The highest BCUT2D eigenvalue weighted by Crippen LogP contribution is 2.43. The smallest absolute Gasteiger partial charge is 0.232 e. The van der Waals surface area contributed by atoms with Gasteiger partial charge < -0.3 is 9.72 Å². The van der Waals surface area contributed by atoms with Gasteiger partial charge >= 0.3 is 0 Å². The summed E-state index contributed by atoms with van der Waals surface area (Å²) in [6, 6.07) is 2.93. The third kappa shape index (κ3) is 2.71. The summed E-state index contributed by atoms with van der Waals surface area (Å²) in [7, 11) is 0. The molecule has 3 heterocycles. The van der Waals surface area contributed by atoms with Crippen LogP contribution < -0.4 is 5.32 Å². The lowest BCUT2D eigenvalue weighted by Gasteiger charge is -1.98. The van der Waals surface area contributed by atoms with Crippen molar-refractivity contribution in [3.63, 3.8) is 0 Å². The van der Waals surface area contributed by atoms with Crippen LogP contribution in [0.4, 0.5) is 9.52 Å². The predicted octanol–water partition coefficient (Wildman–Crippen LogP) is 2.99. The molecule has 7 heteroatoms. The molecule has 1 saturated carbocycles. The molecule has 3 aromatic heterocycles. The SMILES string of the molecule is O=C(Cc1cn2cc(F)ccc2n1)Nc1ncc(C2CC2)s1. The molecular formula is C15H13FN4OS. The molecular weight excluding hydrogens is 303 g/mol. The number of aromatic nitrogens is 3. The van der Waals surface area contributed by atoms with Crippen LogP contribution in [0.15, 0.2) is 30.7 Å². The third-order valence-corrected chi connectivity index (χ3v) is 4.63.